The van der Waals surface area contributed by atoms with Gasteiger partial charge in [-0.05, 0) is 42.2 Å². The van der Waals surface area contributed by atoms with Gasteiger partial charge in [0, 0.05) is 6.20 Å². The number of anilines is 1. The van der Waals surface area contributed by atoms with Gasteiger partial charge in [-0.25, -0.2) is 9.78 Å². The van der Waals surface area contributed by atoms with E-state index in [2.05, 4.69) is 24.1 Å². The average Bonchev–Trinajstić information content (AvgIpc) is 2.67. The van der Waals surface area contributed by atoms with Crippen LogP contribution in [0.25, 0.3) is 6.08 Å². The molecule has 7 heteroatoms. The topological polar surface area (TPSA) is 92.1 Å². The number of rotatable bonds is 6. The number of benzene rings is 1. The molecule has 0 saturated heterocycles. The molecule has 0 bridgehead atoms. The lowest BCUT2D eigenvalue weighted by atomic mass is 10.0. The number of ether oxygens (including phenoxy) is 1. The molecule has 1 atom stereocenters. The van der Waals surface area contributed by atoms with Crippen LogP contribution in [-0.2, 0) is 14.3 Å². The summed E-state index contributed by atoms with van der Waals surface area (Å²) in [6, 6.07) is 12.5. The fourth-order valence-electron chi connectivity index (χ4n) is 2.27. The van der Waals surface area contributed by atoms with Crippen LogP contribution in [0.3, 0.4) is 0 Å². The molecule has 0 aliphatic rings. The first kappa shape index (κ1) is 21.1. The number of amides is 1. The number of esters is 1. The minimum atomic E-state index is -1.12. The van der Waals surface area contributed by atoms with Crippen molar-refractivity contribution < 1.29 is 14.3 Å². The van der Waals surface area contributed by atoms with Gasteiger partial charge in [-0.3, -0.25) is 4.79 Å². The maximum absolute atomic E-state index is 12.3. The van der Waals surface area contributed by atoms with Crippen molar-refractivity contribution in [2.75, 3.05) is 5.32 Å². The largest absolute Gasteiger partial charge is 0.448 e. The molecule has 1 aromatic carbocycles. The number of carbonyl (C=O) groups is 2. The van der Waals surface area contributed by atoms with E-state index in [1.165, 1.54) is 19.2 Å². The number of hydrogen-bond donors (Lipinski definition) is 1. The molecule has 1 heterocycles. The molecule has 0 spiro atoms. The average molecular weight is 398 g/mol. The predicted octanol–water partition coefficient (Wildman–Crippen LogP) is 4.34. The number of pyridine rings is 1. The molecule has 6 nitrogen and oxygen atoms in total. The van der Waals surface area contributed by atoms with Gasteiger partial charge in [0.2, 0.25) is 0 Å². The predicted molar refractivity (Wildman–Crippen MR) is 108 cm³/mol. The summed E-state index contributed by atoms with van der Waals surface area (Å²) in [5, 5.41) is 11.9. The van der Waals surface area contributed by atoms with Gasteiger partial charge in [-0.1, -0.05) is 49.7 Å². The number of hydrogen-bond acceptors (Lipinski definition) is 5. The minimum absolute atomic E-state index is 0.122. The standard InChI is InChI=1S/C21H20ClN3O3/c1-13(2)16-8-6-15(7-9-16)11-17(12-23)21(27)28-14(3)20(26)25-18-5-4-10-24-19(18)22/h4-11,13-14H,1-3H3,(H,25,26)/b17-11+/t14-/m0/s1. The highest BCUT2D eigenvalue weighted by atomic mass is 35.5. The summed E-state index contributed by atoms with van der Waals surface area (Å²) in [7, 11) is 0. The Bertz CT molecular complexity index is 931. The zero-order valence-corrected chi connectivity index (χ0v) is 16.5. The summed E-state index contributed by atoms with van der Waals surface area (Å²) in [5.74, 6) is -1.08. The molecule has 0 unspecified atom stereocenters. The van der Waals surface area contributed by atoms with Gasteiger partial charge < -0.3 is 10.1 Å². The second-order valence-electron chi connectivity index (χ2n) is 6.37. The third kappa shape index (κ3) is 5.66. The molecule has 2 rings (SSSR count). The highest BCUT2D eigenvalue weighted by Crippen LogP contribution is 2.19. The van der Waals surface area contributed by atoms with E-state index < -0.39 is 18.0 Å². The number of nitrogens with one attached hydrogen (secondary N) is 1. The van der Waals surface area contributed by atoms with Gasteiger partial charge in [0.1, 0.15) is 11.6 Å². The molecule has 0 aliphatic heterocycles. The van der Waals surface area contributed by atoms with Crippen molar-refractivity contribution in [3.8, 4) is 6.07 Å². The van der Waals surface area contributed by atoms with Gasteiger partial charge in [-0.15, -0.1) is 0 Å². The molecular formula is C21H20ClN3O3. The van der Waals surface area contributed by atoms with Crippen LogP contribution >= 0.6 is 11.6 Å². The lowest BCUT2D eigenvalue weighted by Gasteiger charge is -2.13. The highest BCUT2D eigenvalue weighted by molar-refractivity contribution is 6.32. The summed E-state index contributed by atoms with van der Waals surface area (Å²) in [6.45, 7) is 5.56. The molecule has 2 aromatic rings. The van der Waals surface area contributed by atoms with Crippen LogP contribution in [0.2, 0.25) is 5.15 Å². The van der Waals surface area contributed by atoms with E-state index in [0.717, 1.165) is 5.56 Å². The van der Waals surface area contributed by atoms with Crippen LogP contribution in [0.15, 0.2) is 48.2 Å². The molecule has 0 radical (unpaired) electrons. The zero-order chi connectivity index (χ0) is 20.7. The fraction of sp³-hybridized carbons (Fsp3) is 0.238. The Kier molecular flexibility index (Phi) is 7.30. The molecule has 0 fully saturated rings. The zero-order valence-electron chi connectivity index (χ0n) is 15.8. The van der Waals surface area contributed by atoms with Crippen molar-refractivity contribution in [3.05, 3.63) is 64.4 Å². The van der Waals surface area contributed by atoms with Crippen LogP contribution in [-0.4, -0.2) is 23.0 Å². The van der Waals surface area contributed by atoms with E-state index in [9.17, 15) is 14.9 Å². The summed E-state index contributed by atoms with van der Waals surface area (Å²) in [4.78, 5) is 28.3. The first-order valence-electron chi connectivity index (χ1n) is 8.66. The number of aromatic nitrogens is 1. The van der Waals surface area contributed by atoms with Gasteiger partial charge in [0.05, 0.1) is 5.69 Å². The van der Waals surface area contributed by atoms with E-state index in [0.29, 0.717) is 17.2 Å². The Morgan fingerprint density at radius 2 is 1.89 bits per heavy atom. The lowest BCUT2D eigenvalue weighted by Crippen LogP contribution is -2.30. The lowest BCUT2D eigenvalue weighted by molar-refractivity contribution is -0.148. The number of nitrogens with zero attached hydrogens (tertiary/aromatic N) is 2. The Morgan fingerprint density at radius 3 is 2.46 bits per heavy atom. The smallest absolute Gasteiger partial charge is 0.349 e. The Balaban J connectivity index is 2.05. The second kappa shape index (κ2) is 9.67. The third-order valence-electron chi connectivity index (χ3n) is 3.92. The monoisotopic (exact) mass is 397 g/mol. The number of carbonyl (C=O) groups excluding carboxylic acids is 2. The van der Waals surface area contributed by atoms with Crippen LogP contribution < -0.4 is 5.32 Å². The molecular weight excluding hydrogens is 378 g/mol. The van der Waals surface area contributed by atoms with Crippen molar-refractivity contribution in [2.24, 2.45) is 0 Å². The van der Waals surface area contributed by atoms with E-state index >= 15 is 0 Å². The van der Waals surface area contributed by atoms with Crippen molar-refractivity contribution in [2.45, 2.75) is 32.8 Å². The van der Waals surface area contributed by atoms with Crippen LogP contribution in [0.5, 0.6) is 0 Å². The molecule has 1 aromatic heterocycles. The van der Waals surface area contributed by atoms with E-state index in [1.54, 1.807) is 12.1 Å². The molecule has 1 amide bonds. The maximum atomic E-state index is 12.3. The van der Waals surface area contributed by atoms with E-state index in [4.69, 9.17) is 16.3 Å². The van der Waals surface area contributed by atoms with Gasteiger partial charge >= 0.3 is 5.97 Å². The number of halogens is 1. The summed E-state index contributed by atoms with van der Waals surface area (Å²) < 4.78 is 5.11. The normalized spacial score (nSPS) is 12.2. The van der Waals surface area contributed by atoms with Crippen molar-refractivity contribution in [3.63, 3.8) is 0 Å². The maximum Gasteiger partial charge on any atom is 0.349 e. The fourth-order valence-corrected chi connectivity index (χ4v) is 2.44. The van der Waals surface area contributed by atoms with Gasteiger partial charge in [0.15, 0.2) is 11.3 Å². The molecule has 28 heavy (non-hydrogen) atoms. The van der Waals surface area contributed by atoms with Gasteiger partial charge in [0.25, 0.3) is 5.91 Å². The van der Waals surface area contributed by atoms with Crippen LogP contribution in [0.1, 0.15) is 37.8 Å². The first-order chi connectivity index (χ1) is 13.3. The summed E-state index contributed by atoms with van der Waals surface area (Å²) in [5.41, 5.74) is 1.95. The SMILES string of the molecule is CC(C)c1ccc(/C=C(\C#N)C(=O)O[C@@H](C)C(=O)Nc2cccnc2Cl)cc1. The van der Waals surface area contributed by atoms with Gasteiger partial charge in [-0.2, -0.15) is 5.26 Å². The second-order valence-corrected chi connectivity index (χ2v) is 6.73. The van der Waals surface area contributed by atoms with Crippen molar-refractivity contribution >= 4 is 35.2 Å². The highest BCUT2D eigenvalue weighted by Gasteiger charge is 2.21. The quantitative estimate of drug-likeness (QED) is 0.339. The summed E-state index contributed by atoms with van der Waals surface area (Å²) in [6.07, 6.45) is 1.79. The third-order valence-corrected chi connectivity index (χ3v) is 4.23. The molecule has 1 N–H and O–H groups in total. The Hall–Kier alpha value is -3.17. The minimum Gasteiger partial charge on any atom is -0.448 e. The number of nitriles is 1. The molecule has 0 saturated carbocycles. The molecule has 0 aliphatic carbocycles. The Morgan fingerprint density at radius 1 is 1.21 bits per heavy atom. The van der Waals surface area contributed by atoms with E-state index in [-0.39, 0.29) is 10.7 Å². The van der Waals surface area contributed by atoms with Crippen LogP contribution in [0.4, 0.5) is 5.69 Å². The van der Waals surface area contributed by atoms with Crippen LogP contribution in [0, 0.1) is 11.3 Å². The summed E-state index contributed by atoms with van der Waals surface area (Å²) >= 11 is 5.89. The van der Waals surface area contributed by atoms with Crippen molar-refractivity contribution in [1.82, 2.24) is 4.98 Å². The van der Waals surface area contributed by atoms with E-state index in [1.807, 2.05) is 30.3 Å². The first-order valence-corrected chi connectivity index (χ1v) is 9.03. The Labute approximate surface area is 168 Å². The van der Waals surface area contributed by atoms with Crippen molar-refractivity contribution in [1.29, 1.82) is 5.26 Å². The molecule has 144 valence electrons.